The van der Waals surface area contributed by atoms with E-state index in [4.69, 9.17) is 5.73 Å². The Morgan fingerprint density at radius 1 is 0.741 bits per heavy atom. The third kappa shape index (κ3) is 8.54. The Hall–Kier alpha value is -1.24. The largest absolute Gasteiger partial charge is 0.398 e. The van der Waals surface area contributed by atoms with Crippen LogP contribution in [0, 0.1) is 0 Å². The molecule has 0 saturated carbocycles. The Morgan fingerprint density at radius 2 is 1.26 bits per heavy atom. The van der Waals surface area contributed by atoms with Crippen molar-refractivity contribution in [3.8, 4) is 0 Å². The summed E-state index contributed by atoms with van der Waals surface area (Å²) in [6.45, 7) is 10.8. The molecule has 0 aromatic heterocycles. The van der Waals surface area contributed by atoms with Crippen molar-refractivity contribution < 1.29 is 0 Å². The maximum Gasteiger partial charge on any atom is 0.0387 e. The zero-order valence-corrected chi connectivity index (χ0v) is 18.5. The molecule has 27 heavy (non-hydrogen) atoms. The first-order valence-corrected chi connectivity index (χ1v) is 11.7. The molecule has 1 aromatic carbocycles. The SMILES string of the molecule is C=Cc1cc(CCCCCCCC)c(CCCCCCCC)c(N)c1CC. The summed E-state index contributed by atoms with van der Waals surface area (Å²) in [4.78, 5) is 0. The second-order valence-electron chi connectivity index (χ2n) is 8.09. The van der Waals surface area contributed by atoms with Crippen molar-refractivity contribution >= 4 is 11.8 Å². The van der Waals surface area contributed by atoms with Crippen LogP contribution in [0.4, 0.5) is 5.69 Å². The van der Waals surface area contributed by atoms with Gasteiger partial charge in [-0.1, -0.05) is 104 Å². The zero-order chi connectivity index (χ0) is 19.9. The van der Waals surface area contributed by atoms with Crippen molar-refractivity contribution in [1.29, 1.82) is 0 Å². The van der Waals surface area contributed by atoms with Gasteiger partial charge in [-0.25, -0.2) is 0 Å². The number of hydrogen-bond acceptors (Lipinski definition) is 1. The second-order valence-corrected chi connectivity index (χ2v) is 8.09. The van der Waals surface area contributed by atoms with Gasteiger partial charge in [0.05, 0.1) is 0 Å². The van der Waals surface area contributed by atoms with Crippen molar-refractivity contribution in [2.24, 2.45) is 0 Å². The molecule has 0 heterocycles. The van der Waals surface area contributed by atoms with Gasteiger partial charge in [-0.2, -0.15) is 0 Å². The minimum absolute atomic E-state index is 0.994. The first kappa shape index (κ1) is 23.8. The van der Waals surface area contributed by atoms with Crippen molar-refractivity contribution in [3.63, 3.8) is 0 Å². The highest BCUT2D eigenvalue weighted by molar-refractivity contribution is 5.67. The van der Waals surface area contributed by atoms with Crippen LogP contribution in [0.3, 0.4) is 0 Å². The van der Waals surface area contributed by atoms with E-state index < -0.39 is 0 Å². The fraction of sp³-hybridized carbons (Fsp3) is 0.692. The lowest BCUT2D eigenvalue weighted by Gasteiger charge is -2.19. The van der Waals surface area contributed by atoms with Crippen LogP contribution in [0.5, 0.6) is 0 Å². The number of hydrogen-bond donors (Lipinski definition) is 1. The molecular formula is C26H45N. The van der Waals surface area contributed by atoms with Gasteiger partial charge in [-0.05, 0) is 54.4 Å². The molecule has 2 N–H and O–H groups in total. The van der Waals surface area contributed by atoms with Crippen LogP contribution in [0.25, 0.3) is 6.08 Å². The molecule has 0 amide bonds. The van der Waals surface area contributed by atoms with E-state index in [1.54, 1.807) is 0 Å². The molecule has 0 fully saturated rings. The standard InChI is InChI=1S/C26H45N/c1-5-9-11-13-15-17-19-23-21-22(7-3)24(8-4)26(27)25(23)20-18-16-14-12-10-6-2/h7,21H,3,5-6,8-20,27H2,1-2,4H3. The predicted molar refractivity (Wildman–Crippen MR) is 124 cm³/mol. The van der Waals surface area contributed by atoms with Gasteiger partial charge in [0.15, 0.2) is 0 Å². The lowest BCUT2D eigenvalue weighted by molar-refractivity contribution is 0.599. The topological polar surface area (TPSA) is 26.0 Å². The molecule has 1 aromatic rings. The highest BCUT2D eigenvalue weighted by Gasteiger charge is 2.13. The van der Waals surface area contributed by atoms with Gasteiger partial charge >= 0.3 is 0 Å². The average Bonchev–Trinajstić information content (AvgIpc) is 2.68. The molecule has 0 aliphatic carbocycles. The summed E-state index contributed by atoms with van der Waals surface area (Å²) in [5, 5.41) is 0. The summed E-state index contributed by atoms with van der Waals surface area (Å²) in [5.74, 6) is 0. The van der Waals surface area contributed by atoms with E-state index in [9.17, 15) is 0 Å². The molecule has 0 spiro atoms. The lowest BCUT2D eigenvalue weighted by atomic mass is 9.89. The summed E-state index contributed by atoms with van der Waals surface area (Å²) < 4.78 is 0. The monoisotopic (exact) mass is 371 g/mol. The maximum absolute atomic E-state index is 6.66. The van der Waals surface area contributed by atoms with Gasteiger partial charge in [-0.15, -0.1) is 0 Å². The van der Waals surface area contributed by atoms with Crippen LogP contribution < -0.4 is 5.73 Å². The molecule has 154 valence electrons. The summed E-state index contributed by atoms with van der Waals surface area (Å²) in [6, 6.07) is 2.39. The average molecular weight is 372 g/mol. The smallest absolute Gasteiger partial charge is 0.0387 e. The number of nitrogen functional groups attached to an aromatic ring is 1. The van der Waals surface area contributed by atoms with E-state index in [2.05, 4.69) is 33.4 Å². The van der Waals surface area contributed by atoms with Crippen LogP contribution in [-0.2, 0) is 19.3 Å². The van der Waals surface area contributed by atoms with Crippen LogP contribution in [0.2, 0.25) is 0 Å². The molecule has 1 nitrogen and oxygen atoms in total. The summed E-state index contributed by atoms with van der Waals surface area (Å²) >= 11 is 0. The molecule has 0 radical (unpaired) electrons. The first-order chi connectivity index (χ1) is 13.2. The van der Waals surface area contributed by atoms with Gasteiger partial charge in [-0.3, -0.25) is 0 Å². The summed E-state index contributed by atoms with van der Waals surface area (Å²) in [5.41, 5.74) is 13.2. The fourth-order valence-corrected chi connectivity index (χ4v) is 4.15. The van der Waals surface area contributed by atoms with Crippen LogP contribution in [-0.4, -0.2) is 0 Å². The molecule has 0 bridgehead atoms. The van der Waals surface area contributed by atoms with Crippen LogP contribution >= 0.6 is 0 Å². The minimum atomic E-state index is 0.994. The lowest BCUT2D eigenvalue weighted by Crippen LogP contribution is -2.07. The summed E-state index contributed by atoms with van der Waals surface area (Å²) in [7, 11) is 0. The molecule has 0 aliphatic heterocycles. The first-order valence-electron chi connectivity index (χ1n) is 11.7. The van der Waals surface area contributed by atoms with Crippen molar-refractivity contribution in [1.82, 2.24) is 0 Å². The zero-order valence-electron chi connectivity index (χ0n) is 18.5. The molecule has 1 rings (SSSR count). The third-order valence-corrected chi connectivity index (χ3v) is 5.87. The Labute approximate surface area is 169 Å². The van der Waals surface area contributed by atoms with Crippen molar-refractivity contribution in [2.45, 2.75) is 117 Å². The van der Waals surface area contributed by atoms with E-state index in [0.29, 0.717) is 0 Å². The summed E-state index contributed by atoms with van der Waals surface area (Å²) in [6.07, 6.45) is 21.4. The number of nitrogens with two attached hydrogens (primary N) is 1. The number of benzene rings is 1. The van der Waals surface area contributed by atoms with Gasteiger partial charge in [0, 0.05) is 5.69 Å². The predicted octanol–water partition coefficient (Wildman–Crippen LogP) is 8.28. The van der Waals surface area contributed by atoms with E-state index in [0.717, 1.165) is 18.5 Å². The van der Waals surface area contributed by atoms with E-state index >= 15 is 0 Å². The highest BCUT2D eigenvalue weighted by atomic mass is 14.6. The van der Waals surface area contributed by atoms with Crippen LogP contribution in [0.15, 0.2) is 12.6 Å². The molecule has 0 atom stereocenters. The second kappa shape index (κ2) is 14.8. The Morgan fingerprint density at radius 3 is 1.78 bits per heavy atom. The van der Waals surface area contributed by atoms with Gasteiger partial charge in [0.1, 0.15) is 0 Å². The highest BCUT2D eigenvalue weighted by Crippen LogP contribution is 2.30. The quantitative estimate of drug-likeness (QED) is 0.229. The normalized spacial score (nSPS) is 11.1. The Balaban J connectivity index is 2.75. The molecule has 0 unspecified atom stereocenters. The van der Waals surface area contributed by atoms with Gasteiger partial charge in [0.2, 0.25) is 0 Å². The molecule has 1 heteroatoms. The van der Waals surface area contributed by atoms with Crippen molar-refractivity contribution in [2.75, 3.05) is 5.73 Å². The van der Waals surface area contributed by atoms with Gasteiger partial charge < -0.3 is 5.73 Å². The van der Waals surface area contributed by atoms with Gasteiger partial charge in [0.25, 0.3) is 0 Å². The van der Waals surface area contributed by atoms with E-state index in [-0.39, 0.29) is 0 Å². The number of aryl methyl sites for hydroxylation is 1. The van der Waals surface area contributed by atoms with Crippen LogP contribution in [0.1, 0.15) is 120 Å². The number of anilines is 1. The Kier molecular flexibility index (Phi) is 13.0. The number of unbranched alkanes of at least 4 members (excludes halogenated alkanes) is 10. The Bertz CT molecular complexity index is 530. The molecule has 0 saturated heterocycles. The number of rotatable bonds is 16. The van der Waals surface area contributed by atoms with Crippen molar-refractivity contribution in [3.05, 3.63) is 34.9 Å². The maximum atomic E-state index is 6.66. The third-order valence-electron chi connectivity index (χ3n) is 5.87. The van der Waals surface area contributed by atoms with E-state index in [1.165, 1.54) is 106 Å². The minimum Gasteiger partial charge on any atom is -0.398 e. The van der Waals surface area contributed by atoms with E-state index in [1.807, 2.05) is 6.08 Å². The molecule has 0 aliphatic rings. The fourth-order valence-electron chi connectivity index (χ4n) is 4.15. The molecular weight excluding hydrogens is 326 g/mol.